The van der Waals surface area contributed by atoms with E-state index in [4.69, 9.17) is 0 Å². The molecule has 0 aromatic carbocycles. The van der Waals surface area contributed by atoms with Crippen molar-refractivity contribution in [2.45, 2.75) is 12.1 Å². The van der Waals surface area contributed by atoms with Crippen LogP contribution in [0.2, 0.25) is 0 Å². The molecule has 0 radical (unpaired) electrons. The highest BCUT2D eigenvalue weighted by molar-refractivity contribution is 5.16. The van der Waals surface area contributed by atoms with Crippen molar-refractivity contribution in [3.63, 3.8) is 0 Å². The summed E-state index contributed by atoms with van der Waals surface area (Å²) in [6.45, 7) is 0.675. The molecule has 1 aliphatic heterocycles. The van der Waals surface area contributed by atoms with E-state index in [1.54, 1.807) is 10.9 Å². The van der Waals surface area contributed by atoms with Crippen LogP contribution in [0.25, 0.3) is 0 Å². The Morgan fingerprint density at radius 3 is 2.76 bits per heavy atom. The molecular formula is C13H20F3N3O2. The Morgan fingerprint density at radius 2 is 2.19 bits per heavy atom. The number of aromatic nitrogens is 2. The van der Waals surface area contributed by atoms with Gasteiger partial charge in [0.05, 0.1) is 12.8 Å². The number of ether oxygens (including phenoxy) is 1. The summed E-state index contributed by atoms with van der Waals surface area (Å²) >= 11 is 0. The van der Waals surface area contributed by atoms with Crippen molar-refractivity contribution in [2.24, 2.45) is 13.0 Å². The minimum absolute atomic E-state index is 0.0391. The van der Waals surface area contributed by atoms with E-state index in [0.717, 1.165) is 5.56 Å². The zero-order valence-electron chi connectivity index (χ0n) is 11.9. The van der Waals surface area contributed by atoms with Gasteiger partial charge in [-0.05, 0) is 5.56 Å². The third kappa shape index (κ3) is 4.69. The number of aliphatic hydroxyl groups excluding tert-OH is 1. The molecule has 0 amide bonds. The zero-order valence-corrected chi connectivity index (χ0v) is 11.9. The fraction of sp³-hybridized carbons (Fsp3) is 0.769. The van der Waals surface area contributed by atoms with Crippen molar-refractivity contribution in [3.8, 4) is 0 Å². The van der Waals surface area contributed by atoms with Crippen LogP contribution in [0.3, 0.4) is 0 Å². The number of alkyl halides is 3. The van der Waals surface area contributed by atoms with Crippen LogP contribution < -0.4 is 0 Å². The van der Waals surface area contributed by atoms with Gasteiger partial charge < -0.3 is 14.7 Å². The molecular weight excluding hydrogens is 287 g/mol. The van der Waals surface area contributed by atoms with Crippen molar-refractivity contribution >= 4 is 0 Å². The van der Waals surface area contributed by atoms with E-state index in [9.17, 15) is 18.3 Å². The van der Waals surface area contributed by atoms with E-state index in [0.29, 0.717) is 19.6 Å². The third-order valence-electron chi connectivity index (χ3n) is 3.72. The Kier molecular flexibility index (Phi) is 5.23. The number of hydrogen-bond donors (Lipinski definition) is 1. The van der Waals surface area contributed by atoms with Gasteiger partial charge in [-0.15, -0.1) is 0 Å². The van der Waals surface area contributed by atoms with Crippen LogP contribution in [0.1, 0.15) is 11.5 Å². The van der Waals surface area contributed by atoms with Crippen molar-refractivity contribution < 1.29 is 23.0 Å². The smallest absolute Gasteiger partial charge is 0.396 e. The van der Waals surface area contributed by atoms with Crippen LogP contribution in [0.5, 0.6) is 0 Å². The van der Waals surface area contributed by atoms with Gasteiger partial charge in [0.25, 0.3) is 0 Å². The molecule has 1 saturated heterocycles. The highest BCUT2D eigenvalue weighted by atomic mass is 19.4. The van der Waals surface area contributed by atoms with Crippen LogP contribution in [0, 0.1) is 5.92 Å². The van der Waals surface area contributed by atoms with E-state index in [-0.39, 0.29) is 25.0 Å². The summed E-state index contributed by atoms with van der Waals surface area (Å²) < 4.78 is 42.3. The Bertz CT molecular complexity index is 450. The second-order valence-electron chi connectivity index (χ2n) is 5.42. The highest BCUT2D eigenvalue weighted by Crippen LogP contribution is 2.31. The summed E-state index contributed by atoms with van der Waals surface area (Å²) in [5.74, 6) is 0.239. The maximum atomic E-state index is 12.0. The lowest BCUT2D eigenvalue weighted by Gasteiger charge is -2.16. The van der Waals surface area contributed by atoms with E-state index < -0.39 is 12.8 Å². The van der Waals surface area contributed by atoms with Crippen LogP contribution >= 0.6 is 0 Å². The molecule has 21 heavy (non-hydrogen) atoms. The average Bonchev–Trinajstić information content (AvgIpc) is 2.99. The molecule has 2 heterocycles. The second-order valence-corrected chi connectivity index (χ2v) is 5.42. The van der Waals surface area contributed by atoms with E-state index in [2.05, 4.69) is 9.84 Å². The van der Waals surface area contributed by atoms with Crippen LogP contribution in [0.4, 0.5) is 13.2 Å². The fourth-order valence-electron chi connectivity index (χ4n) is 2.72. The van der Waals surface area contributed by atoms with Gasteiger partial charge in [0, 0.05) is 51.3 Å². The maximum absolute atomic E-state index is 12.0. The Labute approximate surface area is 121 Å². The first-order valence-electron chi connectivity index (χ1n) is 6.85. The number of rotatable bonds is 6. The Balaban J connectivity index is 1.82. The summed E-state index contributed by atoms with van der Waals surface area (Å²) in [5, 5.41) is 13.6. The average molecular weight is 307 g/mol. The van der Waals surface area contributed by atoms with E-state index in [1.165, 1.54) is 0 Å². The van der Waals surface area contributed by atoms with E-state index >= 15 is 0 Å². The third-order valence-corrected chi connectivity index (χ3v) is 3.72. The molecule has 1 fully saturated rings. The topological polar surface area (TPSA) is 50.5 Å². The zero-order chi connectivity index (χ0) is 15.5. The monoisotopic (exact) mass is 307 g/mol. The SMILES string of the molecule is Cn1cc([C@@H]2CN(CCOCC(F)(F)F)C[C@H]2CO)cn1. The van der Waals surface area contributed by atoms with E-state index in [1.807, 2.05) is 18.1 Å². The maximum Gasteiger partial charge on any atom is 0.411 e. The molecule has 2 rings (SSSR count). The molecule has 8 heteroatoms. The number of hydrogen-bond acceptors (Lipinski definition) is 4. The molecule has 0 bridgehead atoms. The van der Waals surface area contributed by atoms with Crippen molar-refractivity contribution in [2.75, 3.05) is 39.5 Å². The van der Waals surface area contributed by atoms with Crippen LogP contribution in [-0.2, 0) is 11.8 Å². The minimum atomic E-state index is -4.28. The minimum Gasteiger partial charge on any atom is -0.396 e. The highest BCUT2D eigenvalue weighted by Gasteiger charge is 2.34. The molecule has 1 aromatic rings. The van der Waals surface area contributed by atoms with Gasteiger partial charge in [-0.25, -0.2) is 0 Å². The molecule has 1 aromatic heterocycles. The Morgan fingerprint density at radius 1 is 1.43 bits per heavy atom. The van der Waals surface area contributed by atoms with Gasteiger partial charge in [-0.2, -0.15) is 18.3 Å². The molecule has 0 spiro atoms. The van der Waals surface area contributed by atoms with Crippen LogP contribution in [-0.4, -0.2) is 65.4 Å². The quantitative estimate of drug-likeness (QED) is 0.797. The summed E-state index contributed by atoms with van der Waals surface area (Å²) in [7, 11) is 1.83. The number of halogens is 3. The fourth-order valence-corrected chi connectivity index (χ4v) is 2.72. The van der Waals surface area contributed by atoms with Gasteiger partial charge in [0.1, 0.15) is 6.61 Å². The number of aliphatic hydroxyl groups is 1. The Hall–Kier alpha value is -1.12. The van der Waals surface area contributed by atoms with Gasteiger partial charge in [-0.3, -0.25) is 4.68 Å². The number of nitrogens with zero attached hydrogens (tertiary/aromatic N) is 3. The summed E-state index contributed by atoms with van der Waals surface area (Å²) in [5.41, 5.74) is 1.05. The predicted octanol–water partition coefficient (Wildman–Crippen LogP) is 1.01. The van der Waals surface area contributed by atoms with Gasteiger partial charge in [0.15, 0.2) is 0 Å². The molecule has 2 atom stereocenters. The van der Waals surface area contributed by atoms with Crippen molar-refractivity contribution in [1.29, 1.82) is 0 Å². The molecule has 120 valence electrons. The standard InChI is InChI=1S/C13H20F3N3O2/c1-18-5-10(4-17-18)12-7-19(6-11(12)8-20)2-3-21-9-13(14,15)16/h4-5,11-12,20H,2-3,6-9H2,1H3/t11-,12-/m0/s1. The molecule has 0 aliphatic carbocycles. The molecule has 1 aliphatic rings. The lowest BCUT2D eigenvalue weighted by molar-refractivity contribution is -0.174. The molecule has 0 unspecified atom stereocenters. The normalized spacial score (nSPS) is 23.9. The second kappa shape index (κ2) is 6.76. The summed E-state index contributed by atoms with van der Waals surface area (Å²) in [6, 6.07) is 0. The summed E-state index contributed by atoms with van der Waals surface area (Å²) in [6.07, 6.45) is -0.592. The van der Waals surface area contributed by atoms with Gasteiger partial charge in [-0.1, -0.05) is 0 Å². The largest absolute Gasteiger partial charge is 0.411 e. The van der Waals surface area contributed by atoms with Crippen LogP contribution in [0.15, 0.2) is 12.4 Å². The van der Waals surface area contributed by atoms with Gasteiger partial charge in [0.2, 0.25) is 0 Å². The first-order valence-corrected chi connectivity index (χ1v) is 6.85. The molecule has 0 saturated carbocycles. The summed E-state index contributed by atoms with van der Waals surface area (Å²) in [4.78, 5) is 2.02. The van der Waals surface area contributed by atoms with Crippen molar-refractivity contribution in [3.05, 3.63) is 18.0 Å². The number of aryl methyl sites for hydroxylation is 1. The molecule has 1 N–H and O–H groups in total. The number of likely N-dealkylation sites (tertiary alicyclic amines) is 1. The van der Waals surface area contributed by atoms with Crippen molar-refractivity contribution in [1.82, 2.24) is 14.7 Å². The van der Waals surface area contributed by atoms with Gasteiger partial charge >= 0.3 is 6.18 Å². The predicted molar refractivity (Wildman–Crippen MR) is 69.8 cm³/mol. The lowest BCUT2D eigenvalue weighted by Crippen LogP contribution is -2.27. The first kappa shape index (κ1) is 16.3. The lowest BCUT2D eigenvalue weighted by atomic mass is 9.92. The first-order chi connectivity index (χ1) is 9.89. The molecule has 5 nitrogen and oxygen atoms in total.